The number of fused-ring (bicyclic) bond motifs is 3. The lowest BCUT2D eigenvalue weighted by Gasteiger charge is -2.13. The number of rotatable bonds is 5. The van der Waals surface area contributed by atoms with Crippen LogP contribution in [0.25, 0.3) is 16.0 Å². The number of nitrogens with zero attached hydrogens (tertiary/aromatic N) is 4. The summed E-state index contributed by atoms with van der Waals surface area (Å²) in [5, 5.41) is 12.2. The van der Waals surface area contributed by atoms with E-state index in [1.54, 1.807) is 16.3 Å². The Morgan fingerprint density at radius 1 is 1.29 bits per heavy atom. The number of halogens is 1. The van der Waals surface area contributed by atoms with Gasteiger partial charge in [0.25, 0.3) is 5.56 Å². The maximum atomic E-state index is 13.0. The van der Waals surface area contributed by atoms with Crippen LogP contribution in [-0.4, -0.2) is 31.9 Å². The molecular formula is C19H17ClN4O2S2. The van der Waals surface area contributed by atoms with Crippen molar-refractivity contribution >= 4 is 50.7 Å². The van der Waals surface area contributed by atoms with Crippen molar-refractivity contribution in [1.82, 2.24) is 19.2 Å². The van der Waals surface area contributed by atoms with Gasteiger partial charge in [-0.2, -0.15) is 0 Å². The van der Waals surface area contributed by atoms with Crippen molar-refractivity contribution in [2.75, 3.05) is 6.61 Å². The van der Waals surface area contributed by atoms with E-state index in [9.17, 15) is 4.79 Å². The molecule has 144 valence electrons. The SMILES string of the molecule is O=c1c2sccc2n2c(SCc3ccccc3Cl)nnc2n1C[C@@H]1CCCO1. The van der Waals surface area contributed by atoms with Crippen molar-refractivity contribution in [2.45, 2.75) is 36.4 Å². The van der Waals surface area contributed by atoms with Gasteiger partial charge in [0.1, 0.15) is 4.70 Å². The highest BCUT2D eigenvalue weighted by Crippen LogP contribution is 2.29. The van der Waals surface area contributed by atoms with Gasteiger partial charge in [0.2, 0.25) is 5.78 Å². The van der Waals surface area contributed by atoms with Crippen molar-refractivity contribution in [3.8, 4) is 0 Å². The molecule has 1 aliphatic rings. The van der Waals surface area contributed by atoms with Gasteiger partial charge in [-0.15, -0.1) is 21.5 Å². The second-order valence-corrected chi connectivity index (χ2v) is 8.95. The first-order valence-corrected chi connectivity index (χ1v) is 11.3. The van der Waals surface area contributed by atoms with Gasteiger partial charge in [-0.05, 0) is 35.9 Å². The van der Waals surface area contributed by atoms with Crippen LogP contribution in [0.15, 0.2) is 45.7 Å². The normalized spacial score (nSPS) is 17.1. The minimum atomic E-state index is -0.0250. The lowest BCUT2D eigenvalue weighted by atomic mass is 10.2. The molecule has 0 radical (unpaired) electrons. The first kappa shape index (κ1) is 18.2. The van der Waals surface area contributed by atoms with E-state index in [0.717, 1.165) is 40.7 Å². The molecule has 0 unspecified atom stereocenters. The maximum absolute atomic E-state index is 13.0. The summed E-state index contributed by atoms with van der Waals surface area (Å²) in [6.45, 7) is 1.26. The topological polar surface area (TPSA) is 61.4 Å². The Labute approximate surface area is 174 Å². The van der Waals surface area contributed by atoms with Crippen LogP contribution in [0, 0.1) is 0 Å². The minimum Gasteiger partial charge on any atom is -0.376 e. The van der Waals surface area contributed by atoms with Crippen LogP contribution in [-0.2, 0) is 17.0 Å². The summed E-state index contributed by atoms with van der Waals surface area (Å²) in [5.74, 6) is 1.24. The quantitative estimate of drug-likeness (QED) is 0.441. The third-order valence-corrected chi connectivity index (χ3v) is 7.15. The molecule has 0 N–H and O–H groups in total. The molecule has 1 saturated heterocycles. The zero-order valence-corrected chi connectivity index (χ0v) is 17.3. The molecule has 4 heterocycles. The fourth-order valence-corrected chi connectivity index (χ4v) is 5.56. The highest BCUT2D eigenvalue weighted by molar-refractivity contribution is 7.98. The molecule has 1 aromatic carbocycles. The first-order valence-electron chi connectivity index (χ1n) is 9.05. The van der Waals surface area contributed by atoms with E-state index in [1.807, 2.05) is 40.1 Å². The average Bonchev–Trinajstić information content (AvgIpc) is 3.44. The van der Waals surface area contributed by atoms with Crippen LogP contribution in [0.2, 0.25) is 5.02 Å². The van der Waals surface area contributed by atoms with Gasteiger partial charge in [-0.3, -0.25) is 13.8 Å². The van der Waals surface area contributed by atoms with Crippen molar-refractivity contribution < 1.29 is 4.74 Å². The molecule has 3 aromatic heterocycles. The number of thioether (sulfide) groups is 1. The Morgan fingerprint density at radius 2 is 2.18 bits per heavy atom. The van der Waals surface area contributed by atoms with Crippen molar-refractivity contribution in [3.05, 3.63) is 56.7 Å². The molecule has 0 amide bonds. The number of ether oxygens (including phenoxy) is 1. The molecule has 0 spiro atoms. The number of thiophene rings is 1. The zero-order valence-electron chi connectivity index (χ0n) is 14.9. The van der Waals surface area contributed by atoms with Crippen LogP contribution in [0.1, 0.15) is 18.4 Å². The lowest BCUT2D eigenvalue weighted by Crippen LogP contribution is -2.28. The third-order valence-electron chi connectivity index (χ3n) is 4.91. The maximum Gasteiger partial charge on any atom is 0.272 e. The number of aromatic nitrogens is 4. The molecule has 0 saturated carbocycles. The molecule has 0 bridgehead atoms. The van der Waals surface area contributed by atoms with E-state index in [4.69, 9.17) is 16.3 Å². The predicted molar refractivity (Wildman–Crippen MR) is 113 cm³/mol. The van der Waals surface area contributed by atoms with Gasteiger partial charge in [0.15, 0.2) is 5.16 Å². The zero-order chi connectivity index (χ0) is 19.1. The summed E-state index contributed by atoms with van der Waals surface area (Å²) < 4.78 is 10.1. The summed E-state index contributed by atoms with van der Waals surface area (Å²) in [6.07, 6.45) is 2.04. The highest BCUT2D eigenvalue weighted by atomic mass is 35.5. The molecule has 1 aliphatic heterocycles. The van der Waals surface area contributed by atoms with Gasteiger partial charge in [0.05, 0.1) is 18.2 Å². The second-order valence-electron chi connectivity index (χ2n) is 6.68. The Kier molecular flexibility index (Phi) is 4.88. The van der Waals surface area contributed by atoms with Crippen LogP contribution < -0.4 is 5.56 Å². The Morgan fingerprint density at radius 3 is 3.00 bits per heavy atom. The van der Waals surface area contributed by atoms with Crippen molar-refractivity contribution in [2.24, 2.45) is 0 Å². The van der Waals surface area contributed by atoms with Crippen molar-refractivity contribution in [1.29, 1.82) is 0 Å². The Bertz CT molecular complexity index is 1210. The van der Waals surface area contributed by atoms with Crippen molar-refractivity contribution in [3.63, 3.8) is 0 Å². The van der Waals surface area contributed by atoms with Gasteiger partial charge in [0, 0.05) is 17.4 Å². The highest BCUT2D eigenvalue weighted by Gasteiger charge is 2.22. The van der Waals surface area contributed by atoms with Gasteiger partial charge < -0.3 is 4.74 Å². The monoisotopic (exact) mass is 432 g/mol. The summed E-state index contributed by atoms with van der Waals surface area (Å²) >= 11 is 9.30. The molecule has 9 heteroatoms. The summed E-state index contributed by atoms with van der Waals surface area (Å²) in [6, 6.07) is 9.73. The number of hydrogen-bond donors (Lipinski definition) is 0. The van der Waals surface area contributed by atoms with Gasteiger partial charge >= 0.3 is 0 Å². The van der Waals surface area contributed by atoms with E-state index in [1.165, 1.54) is 11.3 Å². The van der Waals surface area contributed by atoms with E-state index >= 15 is 0 Å². The summed E-state index contributed by atoms with van der Waals surface area (Å²) in [7, 11) is 0. The van der Waals surface area contributed by atoms with Gasteiger partial charge in [-0.1, -0.05) is 41.6 Å². The fourth-order valence-electron chi connectivity index (χ4n) is 3.51. The average molecular weight is 433 g/mol. The van der Waals surface area contributed by atoms with E-state index in [0.29, 0.717) is 22.8 Å². The minimum absolute atomic E-state index is 0.0250. The van der Waals surface area contributed by atoms with Crippen LogP contribution in [0.4, 0.5) is 0 Å². The van der Waals surface area contributed by atoms with Crippen LogP contribution in [0.5, 0.6) is 0 Å². The largest absolute Gasteiger partial charge is 0.376 e. The fraction of sp³-hybridized carbons (Fsp3) is 0.316. The second kappa shape index (κ2) is 7.51. The lowest BCUT2D eigenvalue weighted by molar-refractivity contribution is 0.0969. The van der Waals surface area contributed by atoms with E-state index < -0.39 is 0 Å². The van der Waals surface area contributed by atoms with Gasteiger partial charge in [-0.25, -0.2) is 0 Å². The molecule has 1 fully saturated rings. The predicted octanol–water partition coefficient (Wildman–Crippen LogP) is 4.23. The number of benzene rings is 1. The summed E-state index contributed by atoms with van der Waals surface area (Å²) in [5.41, 5.74) is 1.86. The molecule has 28 heavy (non-hydrogen) atoms. The number of hydrogen-bond acceptors (Lipinski definition) is 6. The van der Waals surface area contributed by atoms with E-state index in [-0.39, 0.29) is 11.7 Å². The van der Waals surface area contributed by atoms with Crippen LogP contribution in [0.3, 0.4) is 0 Å². The molecule has 5 rings (SSSR count). The molecule has 0 aliphatic carbocycles. The first-order chi connectivity index (χ1) is 13.7. The third kappa shape index (κ3) is 3.14. The smallest absolute Gasteiger partial charge is 0.272 e. The molecular weight excluding hydrogens is 416 g/mol. The standard InChI is InChI=1S/C19H17ClN4O2S2/c20-14-6-2-1-4-12(14)11-28-19-22-21-18-23(10-13-5-3-8-26-13)17(25)16-15(24(18)19)7-9-27-16/h1-2,4,6-7,9,13H,3,5,8,10-11H2/t13-/m0/s1. The molecule has 1 atom stereocenters. The van der Waals surface area contributed by atoms with E-state index in [2.05, 4.69) is 10.2 Å². The molecule has 4 aromatic rings. The molecule has 6 nitrogen and oxygen atoms in total. The Balaban J connectivity index is 1.58. The van der Waals surface area contributed by atoms with Crippen LogP contribution >= 0.6 is 34.7 Å². The Hall–Kier alpha value is -1.87. The summed E-state index contributed by atoms with van der Waals surface area (Å²) in [4.78, 5) is 13.0.